The highest BCUT2D eigenvalue weighted by atomic mass is 16.1. The number of aromatic amines is 1. The van der Waals surface area contributed by atoms with Crippen LogP contribution in [0, 0.1) is 0 Å². The molecule has 1 aromatic rings. The number of anilines is 1. The van der Waals surface area contributed by atoms with E-state index < -0.39 is 0 Å². The molecule has 0 bridgehead atoms. The smallest absolute Gasteiger partial charge is 0.252 e. The highest BCUT2D eigenvalue weighted by molar-refractivity contribution is 5.72. The Morgan fingerprint density at radius 3 is 2.89 bits per heavy atom. The van der Waals surface area contributed by atoms with E-state index in [1.165, 1.54) is 13.0 Å². The quantitative estimate of drug-likeness (QED) is 0.622. The van der Waals surface area contributed by atoms with E-state index in [0.29, 0.717) is 19.0 Å². The lowest BCUT2D eigenvalue weighted by Gasteiger charge is -2.07. The first kappa shape index (κ1) is 14.2. The van der Waals surface area contributed by atoms with Crippen molar-refractivity contribution >= 4 is 11.9 Å². The van der Waals surface area contributed by atoms with Crippen LogP contribution in [0.4, 0.5) is 5.95 Å². The zero-order chi connectivity index (χ0) is 13.4. The minimum absolute atomic E-state index is 0.0741. The number of unbranched alkanes of at least 4 members (excludes halogenated alkanes) is 1. The van der Waals surface area contributed by atoms with Gasteiger partial charge >= 0.3 is 0 Å². The number of rotatable bonds is 7. The number of nitrogens with zero attached hydrogens (tertiary/aromatic N) is 1. The molecule has 1 amide bonds. The Hall–Kier alpha value is -1.85. The van der Waals surface area contributed by atoms with E-state index >= 15 is 0 Å². The number of aromatic nitrogens is 2. The molecule has 1 heterocycles. The monoisotopic (exact) mass is 252 g/mol. The first-order valence-corrected chi connectivity index (χ1v) is 6.20. The second kappa shape index (κ2) is 7.47. The first-order chi connectivity index (χ1) is 8.61. The van der Waals surface area contributed by atoms with E-state index in [1.54, 1.807) is 0 Å². The SMILES string of the molecule is CCCCc1cc(=O)[nH]c(NCCNC(C)=O)n1. The maximum absolute atomic E-state index is 11.4. The molecule has 6 heteroatoms. The molecule has 3 N–H and O–H groups in total. The van der Waals surface area contributed by atoms with Crippen molar-refractivity contribution in [2.75, 3.05) is 18.4 Å². The summed E-state index contributed by atoms with van der Waals surface area (Å²) in [6, 6.07) is 1.52. The summed E-state index contributed by atoms with van der Waals surface area (Å²) in [5.74, 6) is 0.383. The molecule has 6 nitrogen and oxygen atoms in total. The lowest BCUT2D eigenvalue weighted by atomic mass is 10.2. The third kappa shape index (κ3) is 5.47. The van der Waals surface area contributed by atoms with Crippen molar-refractivity contribution in [2.24, 2.45) is 0 Å². The van der Waals surface area contributed by atoms with Gasteiger partial charge in [0, 0.05) is 31.8 Å². The number of carbonyl (C=O) groups excluding carboxylic acids is 1. The minimum Gasteiger partial charge on any atom is -0.355 e. The van der Waals surface area contributed by atoms with Crippen LogP contribution < -0.4 is 16.2 Å². The molecular formula is C12H20N4O2. The third-order valence-corrected chi connectivity index (χ3v) is 2.37. The molecule has 0 saturated heterocycles. The number of carbonyl (C=O) groups is 1. The zero-order valence-electron chi connectivity index (χ0n) is 10.9. The van der Waals surface area contributed by atoms with Crippen molar-refractivity contribution in [1.82, 2.24) is 15.3 Å². The van der Waals surface area contributed by atoms with Crippen molar-refractivity contribution in [1.29, 1.82) is 0 Å². The topological polar surface area (TPSA) is 86.9 Å². The van der Waals surface area contributed by atoms with Crippen LogP contribution in [-0.2, 0) is 11.2 Å². The molecule has 0 aliphatic heterocycles. The van der Waals surface area contributed by atoms with Crippen LogP contribution >= 0.6 is 0 Å². The van der Waals surface area contributed by atoms with E-state index in [1.807, 2.05) is 0 Å². The molecule has 0 unspecified atom stereocenters. The second-order valence-corrected chi connectivity index (χ2v) is 4.10. The average molecular weight is 252 g/mol. The summed E-state index contributed by atoms with van der Waals surface area (Å²) >= 11 is 0. The van der Waals surface area contributed by atoms with Gasteiger partial charge in [-0.3, -0.25) is 14.6 Å². The Balaban J connectivity index is 2.51. The van der Waals surface area contributed by atoms with Crippen LogP contribution in [0.1, 0.15) is 32.4 Å². The molecule has 0 aromatic carbocycles. The van der Waals surface area contributed by atoms with Crippen LogP contribution in [0.25, 0.3) is 0 Å². The van der Waals surface area contributed by atoms with Crippen molar-refractivity contribution in [2.45, 2.75) is 33.1 Å². The summed E-state index contributed by atoms with van der Waals surface area (Å²) in [4.78, 5) is 29.0. The molecule has 1 rings (SSSR count). The Bertz CT molecular complexity index is 442. The normalized spacial score (nSPS) is 10.1. The van der Waals surface area contributed by atoms with E-state index in [4.69, 9.17) is 0 Å². The Morgan fingerprint density at radius 2 is 2.22 bits per heavy atom. The fourth-order valence-corrected chi connectivity index (χ4v) is 1.50. The van der Waals surface area contributed by atoms with Gasteiger partial charge in [0.25, 0.3) is 5.56 Å². The van der Waals surface area contributed by atoms with Gasteiger partial charge in [-0.1, -0.05) is 13.3 Å². The highest BCUT2D eigenvalue weighted by Gasteiger charge is 2.00. The van der Waals surface area contributed by atoms with E-state index in [9.17, 15) is 9.59 Å². The lowest BCUT2D eigenvalue weighted by molar-refractivity contribution is -0.118. The fraction of sp³-hybridized carbons (Fsp3) is 0.583. The van der Waals surface area contributed by atoms with Crippen molar-refractivity contribution in [3.8, 4) is 0 Å². The maximum atomic E-state index is 11.4. The number of H-pyrrole nitrogens is 1. The van der Waals surface area contributed by atoms with Crippen molar-refractivity contribution in [3.63, 3.8) is 0 Å². The molecule has 0 saturated carbocycles. The predicted molar refractivity (Wildman–Crippen MR) is 70.6 cm³/mol. The van der Waals surface area contributed by atoms with E-state index in [0.717, 1.165) is 25.0 Å². The van der Waals surface area contributed by atoms with Gasteiger partial charge in [0.15, 0.2) is 0 Å². The zero-order valence-corrected chi connectivity index (χ0v) is 10.9. The molecular weight excluding hydrogens is 232 g/mol. The van der Waals surface area contributed by atoms with E-state index in [2.05, 4.69) is 27.5 Å². The molecule has 0 spiro atoms. The van der Waals surface area contributed by atoms with Gasteiger partial charge in [-0.2, -0.15) is 0 Å². The second-order valence-electron chi connectivity index (χ2n) is 4.10. The number of hydrogen-bond acceptors (Lipinski definition) is 4. The summed E-state index contributed by atoms with van der Waals surface area (Å²) in [5, 5.41) is 5.63. The van der Waals surface area contributed by atoms with Gasteiger partial charge in [0.1, 0.15) is 0 Å². The largest absolute Gasteiger partial charge is 0.355 e. The Labute approximate surface area is 106 Å². The molecule has 0 fully saturated rings. The molecule has 0 aliphatic carbocycles. The summed E-state index contributed by atoms with van der Waals surface area (Å²) in [6.07, 6.45) is 2.89. The van der Waals surface area contributed by atoms with Crippen molar-refractivity contribution < 1.29 is 4.79 Å². The van der Waals surface area contributed by atoms with Gasteiger partial charge in [-0.15, -0.1) is 0 Å². The summed E-state index contributed by atoms with van der Waals surface area (Å²) in [6.45, 7) is 4.59. The summed E-state index contributed by atoms with van der Waals surface area (Å²) in [7, 11) is 0. The van der Waals surface area contributed by atoms with Crippen molar-refractivity contribution in [3.05, 3.63) is 22.1 Å². The van der Waals surface area contributed by atoms with Gasteiger partial charge in [-0.05, 0) is 12.8 Å². The summed E-state index contributed by atoms with van der Waals surface area (Å²) in [5.41, 5.74) is 0.640. The molecule has 0 radical (unpaired) electrons. The number of hydrogen-bond donors (Lipinski definition) is 3. The molecule has 0 atom stereocenters. The van der Waals surface area contributed by atoms with Gasteiger partial charge in [0.2, 0.25) is 11.9 Å². The van der Waals surface area contributed by atoms with E-state index in [-0.39, 0.29) is 11.5 Å². The Morgan fingerprint density at radius 1 is 1.44 bits per heavy atom. The lowest BCUT2D eigenvalue weighted by Crippen LogP contribution is -2.27. The van der Waals surface area contributed by atoms with Crippen LogP contribution in [0.2, 0.25) is 0 Å². The highest BCUT2D eigenvalue weighted by Crippen LogP contribution is 2.01. The molecule has 100 valence electrons. The number of amides is 1. The van der Waals surface area contributed by atoms with Crippen LogP contribution in [0.3, 0.4) is 0 Å². The minimum atomic E-state index is -0.155. The van der Waals surface area contributed by atoms with Crippen LogP contribution in [-0.4, -0.2) is 29.0 Å². The standard InChI is InChI=1S/C12H20N4O2/c1-3-4-5-10-8-11(18)16-12(15-10)14-7-6-13-9(2)17/h8H,3-7H2,1-2H3,(H,13,17)(H2,14,15,16,18). The fourth-order valence-electron chi connectivity index (χ4n) is 1.50. The molecule has 18 heavy (non-hydrogen) atoms. The average Bonchev–Trinajstić information content (AvgIpc) is 2.31. The number of aryl methyl sites for hydroxylation is 1. The van der Waals surface area contributed by atoms with Crippen LogP contribution in [0.15, 0.2) is 10.9 Å². The maximum Gasteiger partial charge on any atom is 0.252 e. The van der Waals surface area contributed by atoms with Crippen LogP contribution in [0.5, 0.6) is 0 Å². The molecule has 0 aliphatic rings. The van der Waals surface area contributed by atoms with Gasteiger partial charge in [-0.25, -0.2) is 4.98 Å². The predicted octanol–water partition coefficient (Wildman–Crippen LogP) is 0.660. The van der Waals surface area contributed by atoms with Gasteiger partial charge < -0.3 is 10.6 Å². The first-order valence-electron chi connectivity index (χ1n) is 6.20. The third-order valence-electron chi connectivity index (χ3n) is 2.37. The molecule has 1 aromatic heterocycles. The van der Waals surface area contributed by atoms with Gasteiger partial charge in [0.05, 0.1) is 0 Å². The Kier molecular flexibility index (Phi) is 5.90. The summed E-state index contributed by atoms with van der Waals surface area (Å²) < 4.78 is 0. The number of nitrogens with one attached hydrogen (secondary N) is 3.